The van der Waals surface area contributed by atoms with Crippen molar-refractivity contribution < 1.29 is 17.9 Å². The van der Waals surface area contributed by atoms with Gasteiger partial charge in [-0.1, -0.05) is 51.9 Å². The molecule has 1 atom stereocenters. The lowest BCUT2D eigenvalue weighted by Crippen LogP contribution is -2.01. The smallest absolute Gasteiger partial charge is 0.200 e. The molecule has 1 nitrogen and oxygen atoms in total. The van der Waals surface area contributed by atoms with E-state index in [1.165, 1.54) is 38.5 Å². The minimum absolute atomic E-state index is 0.195. The molecule has 0 aliphatic carbocycles. The van der Waals surface area contributed by atoms with Gasteiger partial charge in [-0.15, -0.1) is 0 Å². The number of methoxy groups -OCH3 is 1. The summed E-state index contributed by atoms with van der Waals surface area (Å²) < 4.78 is 45.9. The molecule has 0 saturated carbocycles. The van der Waals surface area contributed by atoms with E-state index in [-0.39, 0.29) is 17.7 Å². The molecular formula is C17H25F3O. The number of unbranched alkanes of at least 4 members (excludes halogenated alkanes) is 6. The average molecular weight is 302 g/mol. The van der Waals surface area contributed by atoms with Crippen molar-refractivity contribution in [2.75, 3.05) is 7.11 Å². The summed E-state index contributed by atoms with van der Waals surface area (Å²) in [5.74, 6) is -2.44. The third-order valence-corrected chi connectivity index (χ3v) is 3.70. The fourth-order valence-electron chi connectivity index (χ4n) is 2.38. The Hall–Kier alpha value is -1.19. The molecule has 0 heterocycles. The van der Waals surface area contributed by atoms with Crippen LogP contribution in [0.25, 0.3) is 0 Å². The Morgan fingerprint density at radius 1 is 0.952 bits per heavy atom. The zero-order chi connectivity index (χ0) is 15.7. The van der Waals surface area contributed by atoms with E-state index in [4.69, 9.17) is 0 Å². The summed E-state index contributed by atoms with van der Waals surface area (Å²) >= 11 is 0. The first kappa shape index (κ1) is 17.9. The van der Waals surface area contributed by atoms with Gasteiger partial charge in [-0.2, -0.15) is 4.39 Å². The van der Waals surface area contributed by atoms with Gasteiger partial charge in [-0.3, -0.25) is 0 Å². The van der Waals surface area contributed by atoms with Crippen LogP contribution in [0.3, 0.4) is 0 Å². The molecule has 0 aliphatic heterocycles. The van der Waals surface area contributed by atoms with Gasteiger partial charge in [-0.05, 0) is 18.6 Å². The molecule has 0 aliphatic rings. The first-order valence-electron chi connectivity index (χ1n) is 7.77. The summed E-state index contributed by atoms with van der Waals surface area (Å²) in [4.78, 5) is 0. The molecule has 1 unspecified atom stereocenters. The largest absolute Gasteiger partial charge is 0.494 e. The molecular weight excluding hydrogens is 277 g/mol. The van der Waals surface area contributed by atoms with E-state index in [9.17, 15) is 13.2 Å². The maximum atomic E-state index is 14.0. The second kappa shape index (κ2) is 9.69. The van der Waals surface area contributed by atoms with Crippen LogP contribution in [0.15, 0.2) is 12.1 Å². The van der Waals surface area contributed by atoms with Crippen LogP contribution in [0.2, 0.25) is 0 Å². The van der Waals surface area contributed by atoms with Gasteiger partial charge in [-0.25, -0.2) is 8.78 Å². The normalized spacial score (nSPS) is 12.4. The fourth-order valence-corrected chi connectivity index (χ4v) is 2.38. The first-order valence-corrected chi connectivity index (χ1v) is 7.77. The number of benzene rings is 1. The van der Waals surface area contributed by atoms with Crippen molar-refractivity contribution in [2.45, 2.75) is 64.5 Å². The van der Waals surface area contributed by atoms with Crippen molar-refractivity contribution in [3.8, 4) is 5.75 Å². The number of hydrogen-bond donors (Lipinski definition) is 0. The minimum atomic E-state index is -1.46. The molecule has 0 radical (unpaired) electrons. The van der Waals surface area contributed by atoms with Gasteiger partial charge in [0.2, 0.25) is 5.82 Å². The highest BCUT2D eigenvalue weighted by Crippen LogP contribution is 2.31. The Bertz CT molecular complexity index is 421. The molecule has 0 aromatic heterocycles. The summed E-state index contributed by atoms with van der Waals surface area (Å²) in [6.07, 6.45) is 6.30. The van der Waals surface area contributed by atoms with Crippen molar-refractivity contribution in [1.82, 2.24) is 0 Å². The molecule has 120 valence electrons. The molecule has 0 spiro atoms. The maximum absolute atomic E-state index is 14.0. The second-order valence-electron chi connectivity index (χ2n) is 5.36. The van der Waals surface area contributed by atoms with Crippen LogP contribution in [0.1, 0.15) is 70.0 Å². The molecule has 0 bridgehead atoms. The molecule has 1 rings (SSSR count). The van der Waals surface area contributed by atoms with Crippen LogP contribution in [-0.4, -0.2) is 7.11 Å². The monoisotopic (exact) mass is 302 g/mol. The Kier molecular flexibility index (Phi) is 8.24. The Labute approximate surface area is 125 Å². The molecule has 21 heavy (non-hydrogen) atoms. The average Bonchev–Trinajstić information content (AvgIpc) is 2.48. The highest BCUT2D eigenvalue weighted by Gasteiger charge is 2.20. The lowest BCUT2D eigenvalue weighted by atomic mass is 10.0. The number of alkyl halides is 1. The fraction of sp³-hybridized carbons (Fsp3) is 0.647. The highest BCUT2D eigenvalue weighted by molar-refractivity contribution is 5.32. The van der Waals surface area contributed by atoms with E-state index in [1.54, 1.807) is 0 Å². The maximum Gasteiger partial charge on any atom is 0.200 e. The zero-order valence-electron chi connectivity index (χ0n) is 12.9. The number of ether oxygens (including phenoxy) is 1. The van der Waals surface area contributed by atoms with Crippen LogP contribution in [-0.2, 0) is 0 Å². The number of hydrogen-bond acceptors (Lipinski definition) is 1. The van der Waals surface area contributed by atoms with Gasteiger partial charge >= 0.3 is 0 Å². The second-order valence-corrected chi connectivity index (χ2v) is 5.36. The van der Waals surface area contributed by atoms with Crippen LogP contribution < -0.4 is 4.74 Å². The van der Waals surface area contributed by atoms with E-state index in [0.29, 0.717) is 6.42 Å². The van der Waals surface area contributed by atoms with E-state index in [1.807, 2.05) is 0 Å². The van der Waals surface area contributed by atoms with Gasteiger partial charge in [0.05, 0.1) is 7.11 Å². The van der Waals surface area contributed by atoms with Crippen LogP contribution >= 0.6 is 0 Å². The highest BCUT2D eigenvalue weighted by atomic mass is 19.2. The van der Waals surface area contributed by atoms with E-state index in [2.05, 4.69) is 11.7 Å². The van der Waals surface area contributed by atoms with Crippen molar-refractivity contribution in [3.05, 3.63) is 29.3 Å². The van der Waals surface area contributed by atoms with Crippen LogP contribution in [0.5, 0.6) is 5.75 Å². The van der Waals surface area contributed by atoms with Gasteiger partial charge in [0, 0.05) is 5.56 Å². The van der Waals surface area contributed by atoms with Gasteiger partial charge in [0.15, 0.2) is 11.6 Å². The summed E-state index contributed by atoms with van der Waals surface area (Å²) in [7, 11) is 1.25. The summed E-state index contributed by atoms with van der Waals surface area (Å²) in [6, 6.07) is 2.54. The molecule has 4 heteroatoms. The lowest BCUT2D eigenvalue weighted by Gasteiger charge is -2.11. The Morgan fingerprint density at radius 3 is 2.19 bits per heavy atom. The quantitative estimate of drug-likeness (QED) is 0.473. The minimum Gasteiger partial charge on any atom is -0.494 e. The lowest BCUT2D eigenvalue weighted by molar-refractivity contribution is 0.296. The topological polar surface area (TPSA) is 9.23 Å². The Balaban J connectivity index is 2.39. The number of halogens is 3. The molecule has 0 saturated heterocycles. The Morgan fingerprint density at radius 2 is 1.57 bits per heavy atom. The third-order valence-electron chi connectivity index (χ3n) is 3.70. The SMILES string of the molecule is CCCCCCCCCC(F)c1ccc(OC)c(F)c1F. The van der Waals surface area contributed by atoms with E-state index >= 15 is 0 Å². The van der Waals surface area contributed by atoms with Gasteiger partial charge in [0.1, 0.15) is 6.17 Å². The predicted molar refractivity (Wildman–Crippen MR) is 79.4 cm³/mol. The predicted octanol–water partition coefficient (Wildman–Crippen LogP) is 6.12. The molecule has 1 aromatic rings. The van der Waals surface area contributed by atoms with E-state index in [0.717, 1.165) is 19.3 Å². The molecule has 0 fully saturated rings. The number of rotatable bonds is 10. The van der Waals surface area contributed by atoms with Crippen molar-refractivity contribution in [3.63, 3.8) is 0 Å². The van der Waals surface area contributed by atoms with Crippen molar-refractivity contribution in [1.29, 1.82) is 0 Å². The molecule has 0 amide bonds. The van der Waals surface area contributed by atoms with Crippen LogP contribution in [0, 0.1) is 11.6 Å². The first-order chi connectivity index (χ1) is 10.1. The van der Waals surface area contributed by atoms with E-state index < -0.39 is 17.8 Å². The van der Waals surface area contributed by atoms with Crippen LogP contribution in [0.4, 0.5) is 13.2 Å². The summed E-state index contributed by atoms with van der Waals surface area (Å²) in [6.45, 7) is 2.16. The standard InChI is InChI=1S/C17H25F3O/c1-3-4-5-6-7-8-9-10-14(18)13-11-12-15(21-2)17(20)16(13)19/h11-12,14H,3-10H2,1-2H3. The van der Waals surface area contributed by atoms with Gasteiger partial charge < -0.3 is 4.74 Å². The third kappa shape index (κ3) is 5.60. The zero-order valence-corrected chi connectivity index (χ0v) is 12.9. The van der Waals surface area contributed by atoms with Crippen molar-refractivity contribution >= 4 is 0 Å². The summed E-state index contributed by atoms with van der Waals surface area (Å²) in [5.41, 5.74) is -0.209. The summed E-state index contributed by atoms with van der Waals surface area (Å²) in [5, 5.41) is 0. The van der Waals surface area contributed by atoms with Gasteiger partial charge in [0.25, 0.3) is 0 Å². The molecule has 1 aromatic carbocycles. The van der Waals surface area contributed by atoms with Crippen molar-refractivity contribution in [2.24, 2.45) is 0 Å². The molecule has 0 N–H and O–H groups in total.